The van der Waals surface area contributed by atoms with Crippen LogP contribution in [-0.2, 0) is 9.53 Å². The molecule has 16 heavy (non-hydrogen) atoms. The van der Waals surface area contributed by atoms with Crippen molar-refractivity contribution in [2.45, 2.75) is 0 Å². The summed E-state index contributed by atoms with van der Waals surface area (Å²) in [5.41, 5.74) is 6.28. The van der Waals surface area contributed by atoms with Gasteiger partial charge in [0.2, 0.25) is 0 Å². The van der Waals surface area contributed by atoms with Crippen molar-refractivity contribution in [2.75, 3.05) is 7.11 Å². The minimum Gasteiger partial charge on any atom is -0.466 e. The van der Waals surface area contributed by atoms with Gasteiger partial charge in [0, 0.05) is 23.9 Å². The van der Waals surface area contributed by atoms with Crippen LogP contribution in [0.3, 0.4) is 0 Å². The van der Waals surface area contributed by atoms with E-state index in [2.05, 4.69) is 4.74 Å². The zero-order valence-corrected chi connectivity index (χ0v) is 8.54. The third-order valence-electron chi connectivity index (χ3n) is 1.89. The summed E-state index contributed by atoms with van der Waals surface area (Å²) in [7, 11) is 1.24. The molecule has 0 aliphatic carbocycles. The molecular formula is C10H10N2O4. The number of ether oxygens (including phenoxy) is 1. The normalized spacial score (nSPS) is 10.9. The molecule has 0 saturated heterocycles. The van der Waals surface area contributed by atoms with Crippen LogP contribution < -0.4 is 5.73 Å². The van der Waals surface area contributed by atoms with Crippen molar-refractivity contribution in [3.63, 3.8) is 0 Å². The number of carbonyl (C=O) groups excluding carboxylic acids is 1. The first-order valence-corrected chi connectivity index (χ1v) is 4.34. The number of rotatable bonds is 3. The van der Waals surface area contributed by atoms with Gasteiger partial charge in [0.15, 0.2) is 0 Å². The Bertz CT molecular complexity index is 437. The predicted octanol–water partition coefficient (Wildman–Crippen LogP) is 1.07. The van der Waals surface area contributed by atoms with Crippen LogP contribution in [0.1, 0.15) is 5.56 Å². The maximum absolute atomic E-state index is 10.9. The van der Waals surface area contributed by atoms with Gasteiger partial charge in [0.25, 0.3) is 5.69 Å². The lowest BCUT2D eigenvalue weighted by Gasteiger charge is -2.00. The SMILES string of the molecule is COC(=O)C=C(N)c1ccc([N+](=O)[O-])cc1. The van der Waals surface area contributed by atoms with Gasteiger partial charge < -0.3 is 10.5 Å². The van der Waals surface area contributed by atoms with Gasteiger partial charge in [-0.15, -0.1) is 0 Å². The van der Waals surface area contributed by atoms with Crippen LogP contribution in [0.2, 0.25) is 0 Å². The molecule has 0 spiro atoms. The molecule has 0 fully saturated rings. The van der Waals surface area contributed by atoms with Crippen LogP contribution in [0.4, 0.5) is 5.69 Å². The summed E-state index contributed by atoms with van der Waals surface area (Å²) >= 11 is 0. The van der Waals surface area contributed by atoms with Gasteiger partial charge in [0.1, 0.15) is 0 Å². The first-order chi connectivity index (χ1) is 7.54. The van der Waals surface area contributed by atoms with Gasteiger partial charge >= 0.3 is 5.97 Å². The van der Waals surface area contributed by atoms with Gasteiger partial charge in [0.05, 0.1) is 12.0 Å². The lowest BCUT2D eigenvalue weighted by Crippen LogP contribution is -2.03. The molecule has 0 heterocycles. The number of nitrogens with two attached hydrogens (primary N) is 1. The molecule has 0 atom stereocenters. The molecule has 84 valence electrons. The Labute approximate surface area is 91.5 Å². The Morgan fingerprint density at radius 2 is 2.00 bits per heavy atom. The minimum atomic E-state index is -0.573. The number of esters is 1. The molecule has 0 unspecified atom stereocenters. The number of non-ortho nitro benzene ring substituents is 1. The van der Waals surface area contributed by atoms with Crippen molar-refractivity contribution >= 4 is 17.4 Å². The van der Waals surface area contributed by atoms with Crippen LogP contribution in [0.25, 0.3) is 5.70 Å². The number of carbonyl (C=O) groups is 1. The van der Waals surface area contributed by atoms with Crippen molar-refractivity contribution in [2.24, 2.45) is 5.73 Å². The lowest BCUT2D eigenvalue weighted by molar-refractivity contribution is -0.384. The molecular weight excluding hydrogens is 212 g/mol. The third kappa shape index (κ3) is 2.81. The molecule has 0 aliphatic rings. The molecule has 1 aromatic rings. The Balaban J connectivity index is 2.94. The number of hydrogen-bond acceptors (Lipinski definition) is 5. The zero-order valence-electron chi connectivity index (χ0n) is 8.54. The summed E-state index contributed by atoms with van der Waals surface area (Å²) in [6, 6.07) is 5.56. The average Bonchev–Trinajstić information content (AvgIpc) is 2.28. The van der Waals surface area contributed by atoms with E-state index >= 15 is 0 Å². The van der Waals surface area contributed by atoms with Crippen LogP contribution in [0, 0.1) is 10.1 Å². The Hall–Kier alpha value is -2.37. The maximum atomic E-state index is 10.9. The smallest absolute Gasteiger partial charge is 0.332 e. The van der Waals surface area contributed by atoms with Crippen molar-refractivity contribution in [3.8, 4) is 0 Å². The van der Waals surface area contributed by atoms with E-state index in [1.165, 1.54) is 31.4 Å². The predicted molar refractivity (Wildman–Crippen MR) is 57.3 cm³/mol. The van der Waals surface area contributed by atoms with E-state index in [1.807, 2.05) is 0 Å². The van der Waals surface area contributed by atoms with Crippen molar-refractivity contribution < 1.29 is 14.5 Å². The van der Waals surface area contributed by atoms with Gasteiger partial charge in [-0.25, -0.2) is 4.79 Å². The molecule has 0 amide bonds. The van der Waals surface area contributed by atoms with Crippen LogP contribution in [0.5, 0.6) is 0 Å². The van der Waals surface area contributed by atoms with Crippen LogP contribution in [-0.4, -0.2) is 18.0 Å². The van der Waals surface area contributed by atoms with Crippen molar-refractivity contribution in [1.82, 2.24) is 0 Å². The summed E-state index contributed by atoms with van der Waals surface area (Å²) in [6.07, 6.45) is 1.11. The van der Waals surface area contributed by atoms with E-state index in [4.69, 9.17) is 5.73 Å². The molecule has 0 saturated carbocycles. The zero-order chi connectivity index (χ0) is 12.1. The standard InChI is InChI=1S/C10H10N2O4/c1-16-10(13)6-9(11)7-2-4-8(5-3-7)12(14)15/h2-6H,11H2,1H3. The van der Waals surface area contributed by atoms with Gasteiger partial charge in [-0.05, 0) is 17.7 Å². The Morgan fingerprint density at radius 3 is 2.44 bits per heavy atom. The third-order valence-corrected chi connectivity index (χ3v) is 1.89. The highest BCUT2D eigenvalue weighted by Crippen LogP contribution is 2.15. The largest absolute Gasteiger partial charge is 0.466 e. The molecule has 0 aromatic heterocycles. The molecule has 0 bridgehead atoms. The van der Waals surface area contributed by atoms with Crippen LogP contribution >= 0.6 is 0 Å². The first-order valence-electron chi connectivity index (χ1n) is 4.34. The van der Waals surface area contributed by atoms with Crippen LogP contribution in [0.15, 0.2) is 30.3 Å². The Morgan fingerprint density at radius 1 is 1.44 bits per heavy atom. The summed E-state index contributed by atoms with van der Waals surface area (Å²) in [6.45, 7) is 0. The van der Waals surface area contributed by atoms with E-state index in [0.29, 0.717) is 5.56 Å². The van der Waals surface area contributed by atoms with Gasteiger partial charge in [-0.3, -0.25) is 10.1 Å². The topological polar surface area (TPSA) is 95.5 Å². The monoisotopic (exact) mass is 222 g/mol. The summed E-state index contributed by atoms with van der Waals surface area (Å²) in [5.74, 6) is -0.573. The number of methoxy groups -OCH3 is 1. The number of nitro groups is 1. The number of nitro benzene ring substituents is 1. The molecule has 1 rings (SSSR count). The average molecular weight is 222 g/mol. The van der Waals surface area contributed by atoms with Gasteiger partial charge in [-0.2, -0.15) is 0 Å². The maximum Gasteiger partial charge on any atom is 0.332 e. The summed E-state index contributed by atoms with van der Waals surface area (Å²) < 4.78 is 4.40. The highest BCUT2D eigenvalue weighted by Gasteiger charge is 2.06. The minimum absolute atomic E-state index is 0.0328. The summed E-state index contributed by atoms with van der Waals surface area (Å²) in [5, 5.41) is 10.4. The number of benzene rings is 1. The number of hydrogen-bond donors (Lipinski definition) is 1. The lowest BCUT2D eigenvalue weighted by atomic mass is 10.1. The second kappa shape index (κ2) is 4.92. The van der Waals surface area contributed by atoms with E-state index in [1.54, 1.807) is 0 Å². The van der Waals surface area contributed by atoms with Crippen molar-refractivity contribution in [1.29, 1.82) is 0 Å². The molecule has 1 aromatic carbocycles. The fourth-order valence-corrected chi connectivity index (χ4v) is 1.04. The fraction of sp³-hybridized carbons (Fsp3) is 0.100. The van der Waals surface area contributed by atoms with E-state index in [-0.39, 0.29) is 11.4 Å². The van der Waals surface area contributed by atoms with E-state index < -0.39 is 10.9 Å². The second-order valence-corrected chi connectivity index (χ2v) is 2.93. The Kier molecular flexibility index (Phi) is 3.60. The number of nitrogens with zero attached hydrogens (tertiary/aromatic N) is 1. The highest BCUT2D eigenvalue weighted by molar-refractivity contribution is 5.90. The highest BCUT2D eigenvalue weighted by atomic mass is 16.6. The molecule has 6 nitrogen and oxygen atoms in total. The molecule has 6 heteroatoms. The quantitative estimate of drug-likeness (QED) is 0.357. The second-order valence-electron chi connectivity index (χ2n) is 2.93. The first kappa shape index (κ1) is 11.7. The fourth-order valence-electron chi connectivity index (χ4n) is 1.04. The van der Waals surface area contributed by atoms with Gasteiger partial charge in [-0.1, -0.05) is 0 Å². The molecule has 0 aliphatic heterocycles. The van der Waals surface area contributed by atoms with E-state index in [0.717, 1.165) is 6.08 Å². The molecule has 0 radical (unpaired) electrons. The van der Waals surface area contributed by atoms with E-state index in [9.17, 15) is 14.9 Å². The summed E-state index contributed by atoms with van der Waals surface area (Å²) in [4.78, 5) is 20.8. The van der Waals surface area contributed by atoms with Crippen molar-refractivity contribution in [3.05, 3.63) is 46.0 Å². The molecule has 2 N–H and O–H groups in total.